The molecule has 0 aromatic heterocycles. The van der Waals surface area contributed by atoms with E-state index in [0.29, 0.717) is 15.6 Å². The van der Waals surface area contributed by atoms with E-state index in [2.05, 4.69) is 5.32 Å². The molecule has 7 nitrogen and oxygen atoms in total. The number of rotatable bonds is 6. The molecule has 1 N–H and O–H groups in total. The molecular weight excluding hydrogens is 431 g/mol. The third-order valence-corrected chi connectivity index (χ3v) is 4.70. The van der Waals surface area contributed by atoms with Crippen LogP contribution in [-0.2, 0) is 9.53 Å². The van der Waals surface area contributed by atoms with E-state index < -0.39 is 28.9 Å². The SMILES string of the molecule is C[C@H](OC(=O)c1ccc([N+](=O)[O-])cc1Cl)C(=O)N[C@H](C)c1ccc(Cl)cc1Cl. The lowest BCUT2D eigenvalue weighted by atomic mass is 10.1. The summed E-state index contributed by atoms with van der Waals surface area (Å²) in [5.41, 5.74) is 0.304. The van der Waals surface area contributed by atoms with E-state index in [1.54, 1.807) is 25.1 Å². The van der Waals surface area contributed by atoms with Crippen molar-refractivity contribution < 1.29 is 19.2 Å². The second-order valence-corrected chi connectivity index (χ2v) is 7.12. The van der Waals surface area contributed by atoms with Gasteiger partial charge in [-0.15, -0.1) is 0 Å². The van der Waals surface area contributed by atoms with Gasteiger partial charge in [-0.05, 0) is 37.6 Å². The molecule has 0 radical (unpaired) electrons. The molecule has 0 aliphatic rings. The zero-order valence-corrected chi connectivity index (χ0v) is 17.0. The minimum Gasteiger partial charge on any atom is -0.449 e. The molecule has 2 aromatic rings. The second-order valence-electron chi connectivity index (χ2n) is 5.86. The van der Waals surface area contributed by atoms with E-state index in [9.17, 15) is 19.7 Å². The molecular formula is C18H15Cl3N2O5. The number of halogens is 3. The van der Waals surface area contributed by atoms with Gasteiger partial charge in [-0.25, -0.2) is 4.79 Å². The van der Waals surface area contributed by atoms with Crippen molar-refractivity contribution in [1.82, 2.24) is 5.32 Å². The third kappa shape index (κ3) is 5.34. The number of ether oxygens (including phenoxy) is 1. The molecule has 2 atom stereocenters. The summed E-state index contributed by atoms with van der Waals surface area (Å²) in [6.45, 7) is 3.11. The normalized spacial score (nSPS) is 12.8. The van der Waals surface area contributed by atoms with Gasteiger partial charge in [-0.1, -0.05) is 40.9 Å². The number of carbonyl (C=O) groups excluding carboxylic acids is 2. The number of nitrogens with zero attached hydrogens (tertiary/aromatic N) is 1. The van der Waals surface area contributed by atoms with Crippen LogP contribution in [0, 0.1) is 10.1 Å². The minimum absolute atomic E-state index is 0.0827. The van der Waals surface area contributed by atoms with Crippen molar-refractivity contribution in [1.29, 1.82) is 0 Å². The van der Waals surface area contributed by atoms with Gasteiger partial charge in [0.15, 0.2) is 6.10 Å². The van der Waals surface area contributed by atoms with Crippen LogP contribution in [0.2, 0.25) is 15.1 Å². The highest BCUT2D eigenvalue weighted by Crippen LogP contribution is 2.26. The van der Waals surface area contributed by atoms with Crippen molar-refractivity contribution in [3.8, 4) is 0 Å². The molecule has 0 unspecified atom stereocenters. The molecule has 0 saturated heterocycles. The number of hydrogen-bond acceptors (Lipinski definition) is 5. The van der Waals surface area contributed by atoms with Crippen molar-refractivity contribution in [3.05, 3.63) is 72.7 Å². The van der Waals surface area contributed by atoms with Gasteiger partial charge in [0, 0.05) is 22.2 Å². The van der Waals surface area contributed by atoms with Gasteiger partial charge in [0.1, 0.15) is 0 Å². The third-order valence-electron chi connectivity index (χ3n) is 3.82. The second kappa shape index (κ2) is 9.23. The van der Waals surface area contributed by atoms with Crippen LogP contribution in [0.15, 0.2) is 36.4 Å². The molecule has 28 heavy (non-hydrogen) atoms. The summed E-state index contributed by atoms with van der Waals surface area (Å²) >= 11 is 17.9. The van der Waals surface area contributed by atoms with Gasteiger partial charge in [0.2, 0.25) is 0 Å². The first-order valence-corrected chi connectivity index (χ1v) is 9.13. The van der Waals surface area contributed by atoms with Crippen LogP contribution in [-0.4, -0.2) is 22.9 Å². The van der Waals surface area contributed by atoms with E-state index in [4.69, 9.17) is 39.5 Å². The molecule has 1 amide bonds. The lowest BCUT2D eigenvalue weighted by molar-refractivity contribution is -0.384. The van der Waals surface area contributed by atoms with Gasteiger partial charge in [0.25, 0.3) is 11.6 Å². The van der Waals surface area contributed by atoms with Crippen LogP contribution in [0.25, 0.3) is 0 Å². The number of hydrogen-bond donors (Lipinski definition) is 1. The summed E-state index contributed by atoms with van der Waals surface area (Å²) in [6, 6.07) is 7.76. The fourth-order valence-corrected chi connectivity index (χ4v) is 3.15. The van der Waals surface area contributed by atoms with Crippen LogP contribution in [0.1, 0.15) is 35.8 Å². The molecule has 0 aliphatic heterocycles. The lowest BCUT2D eigenvalue weighted by Gasteiger charge is -2.19. The molecule has 0 spiro atoms. The number of amides is 1. The van der Waals surface area contributed by atoms with Crippen LogP contribution in [0.5, 0.6) is 0 Å². The largest absolute Gasteiger partial charge is 0.449 e. The van der Waals surface area contributed by atoms with E-state index in [1.807, 2.05) is 0 Å². The molecule has 148 valence electrons. The number of nitrogens with one attached hydrogen (secondary N) is 1. The number of nitro groups is 1. The molecule has 10 heteroatoms. The number of nitro benzene ring substituents is 1. The predicted octanol–water partition coefficient (Wildman–Crippen LogP) is 4.98. The average molecular weight is 446 g/mol. The molecule has 0 aliphatic carbocycles. The Balaban J connectivity index is 2.03. The molecule has 0 fully saturated rings. The molecule has 2 rings (SSSR count). The van der Waals surface area contributed by atoms with Gasteiger partial charge in [-0.3, -0.25) is 14.9 Å². The zero-order valence-electron chi connectivity index (χ0n) is 14.7. The summed E-state index contributed by atoms with van der Waals surface area (Å²) in [5.74, 6) is -1.43. The van der Waals surface area contributed by atoms with Crippen molar-refractivity contribution >= 4 is 52.4 Å². The maximum atomic E-state index is 12.3. The number of esters is 1. The Hall–Kier alpha value is -2.35. The first-order valence-electron chi connectivity index (χ1n) is 8.00. The average Bonchev–Trinajstić information content (AvgIpc) is 2.60. The smallest absolute Gasteiger partial charge is 0.340 e. The lowest BCUT2D eigenvalue weighted by Crippen LogP contribution is -2.37. The highest BCUT2D eigenvalue weighted by molar-refractivity contribution is 6.35. The highest BCUT2D eigenvalue weighted by Gasteiger charge is 2.23. The van der Waals surface area contributed by atoms with E-state index in [1.165, 1.54) is 13.0 Å². The Morgan fingerprint density at radius 3 is 2.32 bits per heavy atom. The monoisotopic (exact) mass is 444 g/mol. The van der Waals surface area contributed by atoms with Crippen LogP contribution in [0.3, 0.4) is 0 Å². The van der Waals surface area contributed by atoms with E-state index in [0.717, 1.165) is 12.1 Å². The van der Waals surface area contributed by atoms with Gasteiger partial charge in [-0.2, -0.15) is 0 Å². The minimum atomic E-state index is -1.13. The summed E-state index contributed by atoms with van der Waals surface area (Å²) in [6.07, 6.45) is -1.13. The first kappa shape index (κ1) is 21.9. The van der Waals surface area contributed by atoms with Crippen LogP contribution in [0.4, 0.5) is 5.69 Å². The molecule has 2 aromatic carbocycles. The van der Waals surface area contributed by atoms with Gasteiger partial charge in [0.05, 0.1) is 21.6 Å². The zero-order chi connectivity index (χ0) is 21.0. The molecule has 0 bridgehead atoms. The van der Waals surface area contributed by atoms with Crippen LogP contribution < -0.4 is 5.32 Å². The Labute approximate surface area is 175 Å². The Morgan fingerprint density at radius 2 is 1.75 bits per heavy atom. The first-order chi connectivity index (χ1) is 13.1. The standard InChI is InChI=1S/C18H15Cl3N2O5/c1-9(13-5-3-11(19)7-15(13)20)22-17(24)10(2)28-18(25)14-6-4-12(23(26)27)8-16(14)21/h3-10H,1-2H3,(H,22,24)/t9-,10+/m1/s1. The summed E-state index contributed by atoms with van der Waals surface area (Å²) < 4.78 is 5.11. The number of non-ortho nitro benzene ring substituents is 1. The van der Waals surface area contributed by atoms with Crippen molar-refractivity contribution in [3.63, 3.8) is 0 Å². The van der Waals surface area contributed by atoms with Gasteiger partial charge < -0.3 is 10.1 Å². The summed E-state index contributed by atoms with van der Waals surface area (Å²) in [7, 11) is 0. The maximum absolute atomic E-state index is 12.3. The Kier molecular flexibility index (Phi) is 7.23. The highest BCUT2D eigenvalue weighted by atomic mass is 35.5. The number of benzene rings is 2. The fourth-order valence-electron chi connectivity index (χ4n) is 2.32. The predicted molar refractivity (Wildman–Crippen MR) is 106 cm³/mol. The fraction of sp³-hybridized carbons (Fsp3) is 0.222. The van der Waals surface area contributed by atoms with Crippen molar-refractivity contribution in [2.45, 2.75) is 26.0 Å². The molecule has 0 heterocycles. The molecule has 0 saturated carbocycles. The Bertz CT molecular complexity index is 935. The van der Waals surface area contributed by atoms with Crippen molar-refractivity contribution in [2.24, 2.45) is 0 Å². The summed E-state index contributed by atoms with van der Waals surface area (Å²) in [5, 5.41) is 14.1. The van der Waals surface area contributed by atoms with Crippen LogP contribution >= 0.6 is 34.8 Å². The quantitative estimate of drug-likeness (QED) is 0.384. The Morgan fingerprint density at radius 1 is 1.07 bits per heavy atom. The van der Waals surface area contributed by atoms with Gasteiger partial charge >= 0.3 is 5.97 Å². The maximum Gasteiger partial charge on any atom is 0.340 e. The number of carbonyl (C=O) groups is 2. The topological polar surface area (TPSA) is 98.5 Å². The summed E-state index contributed by atoms with van der Waals surface area (Å²) in [4.78, 5) is 34.6. The van der Waals surface area contributed by atoms with Crippen molar-refractivity contribution in [2.75, 3.05) is 0 Å². The van der Waals surface area contributed by atoms with E-state index in [-0.39, 0.29) is 16.3 Å². The van der Waals surface area contributed by atoms with E-state index >= 15 is 0 Å².